The number of carbonyl (C=O) groups excluding carboxylic acids is 1. The first-order valence-corrected chi connectivity index (χ1v) is 16.0. The van der Waals surface area contributed by atoms with Crippen molar-refractivity contribution in [3.63, 3.8) is 0 Å². The normalized spacial score (nSPS) is 20.2. The zero-order chi connectivity index (χ0) is 29.0. The Hall–Kier alpha value is -2.53. The molecular weight excluding hydrogens is 533 g/mol. The molecule has 10 heteroatoms. The van der Waals surface area contributed by atoms with Gasteiger partial charge in [-0.25, -0.2) is 17.1 Å². The minimum absolute atomic E-state index is 0.0111. The van der Waals surface area contributed by atoms with Gasteiger partial charge < -0.3 is 20.5 Å². The van der Waals surface area contributed by atoms with Crippen LogP contribution in [0.15, 0.2) is 42.5 Å². The molecule has 0 fully saturated rings. The van der Waals surface area contributed by atoms with Crippen molar-refractivity contribution in [2.24, 2.45) is 0 Å². The van der Waals surface area contributed by atoms with E-state index in [1.165, 1.54) is 22.0 Å². The molecule has 222 valence electrons. The molecule has 0 saturated carbocycles. The second-order valence-electron chi connectivity index (χ2n) is 10.4. The molecule has 0 saturated heterocycles. The third kappa shape index (κ3) is 10.5. The number of ether oxygens (including phenoxy) is 1. The van der Waals surface area contributed by atoms with Crippen molar-refractivity contribution in [2.75, 3.05) is 32.0 Å². The molecule has 0 radical (unpaired) electrons. The number of carbonyl (C=O) groups is 1. The Morgan fingerprint density at radius 3 is 2.73 bits per heavy atom. The highest BCUT2D eigenvalue weighted by molar-refractivity contribution is 7.89. The van der Waals surface area contributed by atoms with Gasteiger partial charge >= 0.3 is 0 Å². The molecule has 1 heterocycles. The molecule has 40 heavy (non-hydrogen) atoms. The van der Waals surface area contributed by atoms with Gasteiger partial charge in [-0.3, -0.25) is 4.79 Å². The SMILES string of the molecule is CCCN1CCCCOc2cc(F)cc(c2)CC(C(O)CNCc2cccc(CC)c2)NC(=O)CCCS1(=O)=O. The fourth-order valence-electron chi connectivity index (χ4n) is 4.87. The van der Waals surface area contributed by atoms with E-state index in [9.17, 15) is 22.7 Å². The average molecular weight is 578 g/mol. The Labute approximate surface area is 238 Å². The summed E-state index contributed by atoms with van der Waals surface area (Å²) in [7, 11) is -3.50. The van der Waals surface area contributed by atoms with Crippen LogP contribution in [0.3, 0.4) is 0 Å². The average Bonchev–Trinajstić information content (AvgIpc) is 2.91. The summed E-state index contributed by atoms with van der Waals surface area (Å²) >= 11 is 0. The predicted octanol–water partition coefficient (Wildman–Crippen LogP) is 3.56. The number of nitrogens with zero attached hydrogens (tertiary/aromatic N) is 1. The summed E-state index contributed by atoms with van der Waals surface area (Å²) in [6.45, 7) is 5.91. The second kappa shape index (κ2) is 16.0. The standard InChI is InChI=1S/C30H44FN3O5S/c1-3-12-34-13-5-6-14-39-27-18-25(17-26(31)20-27)19-28(33-30(36)11-8-15-40(34,37)38)29(35)22-32-21-24-10-7-9-23(4-2)16-24/h7,9-10,16-18,20,28-29,32,35H,3-6,8,11-15,19,21-22H2,1-2H3,(H,33,36). The fraction of sp³-hybridized carbons (Fsp3) is 0.567. The van der Waals surface area contributed by atoms with Gasteiger partial charge in [-0.15, -0.1) is 0 Å². The van der Waals surface area contributed by atoms with Crippen molar-refractivity contribution in [3.05, 3.63) is 65.0 Å². The minimum atomic E-state index is -3.50. The van der Waals surface area contributed by atoms with E-state index >= 15 is 0 Å². The number of halogens is 1. The van der Waals surface area contributed by atoms with E-state index in [2.05, 4.69) is 29.7 Å². The molecule has 2 unspecified atom stereocenters. The number of nitrogens with one attached hydrogen (secondary N) is 2. The molecule has 3 rings (SSSR count). The van der Waals surface area contributed by atoms with Gasteiger partial charge in [0.1, 0.15) is 11.6 Å². The summed E-state index contributed by atoms with van der Waals surface area (Å²) in [6, 6.07) is 11.9. The summed E-state index contributed by atoms with van der Waals surface area (Å²) in [5.74, 6) is -0.562. The molecular formula is C30H44FN3O5S. The highest BCUT2D eigenvalue weighted by Gasteiger charge is 2.24. The number of hydrogen-bond donors (Lipinski definition) is 3. The molecule has 0 aromatic heterocycles. The van der Waals surface area contributed by atoms with Gasteiger partial charge in [0.15, 0.2) is 0 Å². The second-order valence-corrected chi connectivity index (χ2v) is 12.5. The predicted molar refractivity (Wildman–Crippen MR) is 155 cm³/mol. The Balaban J connectivity index is 1.74. The number of sulfonamides is 1. The molecule has 1 amide bonds. The molecule has 8 nitrogen and oxygen atoms in total. The molecule has 2 bridgehead atoms. The summed E-state index contributed by atoms with van der Waals surface area (Å²) in [5, 5.41) is 17.2. The summed E-state index contributed by atoms with van der Waals surface area (Å²) in [5.41, 5.74) is 2.91. The number of hydrogen-bond acceptors (Lipinski definition) is 6. The lowest BCUT2D eigenvalue weighted by atomic mass is 10.00. The Bertz CT molecular complexity index is 1190. The number of rotatable bonds is 8. The summed E-state index contributed by atoms with van der Waals surface area (Å²) < 4.78 is 47.6. The van der Waals surface area contributed by atoms with E-state index in [4.69, 9.17) is 4.74 Å². The first-order valence-electron chi connectivity index (χ1n) is 14.4. The molecule has 2 atom stereocenters. The molecule has 2 aromatic carbocycles. The number of aliphatic hydroxyl groups is 1. The number of benzene rings is 2. The minimum Gasteiger partial charge on any atom is -0.493 e. The van der Waals surface area contributed by atoms with E-state index < -0.39 is 28.0 Å². The van der Waals surface area contributed by atoms with Gasteiger partial charge in [0, 0.05) is 38.7 Å². The summed E-state index contributed by atoms with van der Waals surface area (Å²) in [4.78, 5) is 12.9. The third-order valence-electron chi connectivity index (χ3n) is 7.02. The molecule has 2 aromatic rings. The lowest BCUT2D eigenvalue weighted by Crippen LogP contribution is -2.48. The maximum atomic E-state index is 14.5. The monoisotopic (exact) mass is 577 g/mol. The van der Waals surface area contributed by atoms with Crippen molar-refractivity contribution in [2.45, 2.75) is 77.5 Å². The van der Waals surface area contributed by atoms with Crippen molar-refractivity contribution in [3.8, 4) is 5.75 Å². The first kappa shape index (κ1) is 32.0. The zero-order valence-corrected chi connectivity index (χ0v) is 24.5. The van der Waals surface area contributed by atoms with E-state index in [-0.39, 0.29) is 37.5 Å². The van der Waals surface area contributed by atoms with Crippen molar-refractivity contribution in [1.82, 2.24) is 14.9 Å². The van der Waals surface area contributed by atoms with Gasteiger partial charge in [-0.05, 0) is 67.3 Å². The van der Waals surface area contributed by atoms with Crippen LogP contribution in [0.2, 0.25) is 0 Å². The van der Waals surface area contributed by atoms with Gasteiger partial charge in [-0.1, -0.05) is 38.1 Å². The molecule has 3 N–H and O–H groups in total. The maximum Gasteiger partial charge on any atom is 0.220 e. The van der Waals surface area contributed by atoms with Crippen molar-refractivity contribution < 1.29 is 27.4 Å². The number of amides is 1. The van der Waals surface area contributed by atoms with Crippen LogP contribution in [0.1, 0.15) is 62.6 Å². The lowest BCUT2D eigenvalue weighted by Gasteiger charge is -2.25. The van der Waals surface area contributed by atoms with Crippen molar-refractivity contribution in [1.29, 1.82) is 0 Å². The zero-order valence-electron chi connectivity index (χ0n) is 23.7. The van der Waals surface area contributed by atoms with Gasteiger partial charge in [0.25, 0.3) is 0 Å². The largest absolute Gasteiger partial charge is 0.493 e. The number of fused-ring (bicyclic) bond motifs is 2. The molecule has 1 aliphatic heterocycles. The molecule has 1 aliphatic rings. The Morgan fingerprint density at radius 2 is 1.95 bits per heavy atom. The van der Waals surface area contributed by atoms with Gasteiger partial charge in [0.05, 0.1) is 24.5 Å². The highest BCUT2D eigenvalue weighted by Crippen LogP contribution is 2.20. The van der Waals surface area contributed by atoms with Crippen LogP contribution in [0.25, 0.3) is 0 Å². The molecule has 0 aliphatic carbocycles. The van der Waals surface area contributed by atoms with Crippen molar-refractivity contribution >= 4 is 15.9 Å². The topological polar surface area (TPSA) is 108 Å². The number of aliphatic hydroxyl groups excluding tert-OH is 1. The lowest BCUT2D eigenvalue weighted by molar-refractivity contribution is -0.122. The van der Waals surface area contributed by atoms with Crippen LogP contribution in [0.4, 0.5) is 4.39 Å². The van der Waals surface area contributed by atoms with Crippen LogP contribution in [0, 0.1) is 5.82 Å². The van der Waals surface area contributed by atoms with E-state index in [0.717, 1.165) is 12.0 Å². The van der Waals surface area contributed by atoms with Gasteiger partial charge in [-0.2, -0.15) is 0 Å². The number of aryl methyl sites for hydroxylation is 1. The maximum absolute atomic E-state index is 14.5. The molecule has 0 spiro atoms. The van der Waals surface area contributed by atoms with Gasteiger partial charge in [0.2, 0.25) is 15.9 Å². The van der Waals surface area contributed by atoms with E-state index in [1.54, 1.807) is 6.07 Å². The quantitative estimate of drug-likeness (QED) is 0.443. The first-order chi connectivity index (χ1) is 19.2. The highest BCUT2D eigenvalue weighted by atomic mass is 32.2. The van der Waals surface area contributed by atoms with E-state index in [0.29, 0.717) is 56.8 Å². The van der Waals surface area contributed by atoms with Crippen LogP contribution in [-0.4, -0.2) is 67.9 Å². The fourth-order valence-corrected chi connectivity index (χ4v) is 6.50. The Kier molecular flexibility index (Phi) is 12.8. The van der Waals surface area contributed by atoms with Crippen LogP contribution < -0.4 is 15.4 Å². The van der Waals surface area contributed by atoms with Crippen LogP contribution in [0.5, 0.6) is 5.75 Å². The van der Waals surface area contributed by atoms with Crippen LogP contribution >= 0.6 is 0 Å². The summed E-state index contributed by atoms with van der Waals surface area (Å²) in [6.07, 6.45) is 2.28. The van der Waals surface area contributed by atoms with Crippen LogP contribution in [-0.2, 0) is 34.2 Å². The van der Waals surface area contributed by atoms with E-state index in [1.807, 2.05) is 19.1 Å². The smallest absolute Gasteiger partial charge is 0.220 e. The Morgan fingerprint density at radius 1 is 1.15 bits per heavy atom. The third-order valence-corrected chi connectivity index (χ3v) is 8.98.